The van der Waals surface area contributed by atoms with Crippen LogP contribution in [0.15, 0.2) is 53.3 Å². The molecule has 0 amide bonds. The predicted octanol–water partition coefficient (Wildman–Crippen LogP) is 2.49. The van der Waals surface area contributed by atoms with Crippen molar-refractivity contribution in [2.75, 3.05) is 0 Å². The number of aromatic amines is 1. The number of aromatic nitrogens is 1. The van der Waals surface area contributed by atoms with Gasteiger partial charge in [0.15, 0.2) is 6.10 Å². The summed E-state index contributed by atoms with van der Waals surface area (Å²) in [7, 11) is 0. The third kappa shape index (κ3) is 1.65. The van der Waals surface area contributed by atoms with E-state index in [0.29, 0.717) is 22.0 Å². The quantitative estimate of drug-likeness (QED) is 0.676. The number of cyclic esters (lactones) is 1. The maximum Gasteiger partial charge on any atom is 0.339 e. The summed E-state index contributed by atoms with van der Waals surface area (Å²) in [6, 6.07) is 13.8. The van der Waals surface area contributed by atoms with Gasteiger partial charge in [0.05, 0.1) is 11.1 Å². The van der Waals surface area contributed by atoms with Crippen LogP contribution in [-0.4, -0.2) is 16.1 Å². The Morgan fingerprint density at radius 3 is 2.59 bits per heavy atom. The fourth-order valence-electron chi connectivity index (χ4n) is 2.84. The first kappa shape index (κ1) is 12.6. The molecule has 2 heterocycles. The van der Waals surface area contributed by atoms with Crippen LogP contribution in [0, 0.1) is 0 Å². The lowest BCUT2D eigenvalue weighted by atomic mass is 9.98. The van der Waals surface area contributed by atoms with Gasteiger partial charge < -0.3 is 14.8 Å². The lowest BCUT2D eigenvalue weighted by Crippen LogP contribution is -2.17. The summed E-state index contributed by atoms with van der Waals surface area (Å²) in [4.78, 5) is 27.0. The Hall–Kier alpha value is -3.08. The highest BCUT2D eigenvalue weighted by Crippen LogP contribution is 2.39. The Kier molecular flexibility index (Phi) is 2.56. The molecule has 4 rings (SSSR count). The van der Waals surface area contributed by atoms with Crippen LogP contribution in [0.25, 0.3) is 10.9 Å². The first-order chi connectivity index (χ1) is 10.7. The number of ether oxygens (including phenoxy) is 1. The molecule has 1 aliphatic heterocycles. The Morgan fingerprint density at radius 1 is 1.00 bits per heavy atom. The van der Waals surface area contributed by atoms with Crippen molar-refractivity contribution in [3.63, 3.8) is 0 Å². The van der Waals surface area contributed by atoms with Crippen LogP contribution in [0.1, 0.15) is 27.6 Å². The van der Waals surface area contributed by atoms with E-state index >= 15 is 0 Å². The highest BCUT2D eigenvalue weighted by molar-refractivity contribution is 5.95. The monoisotopic (exact) mass is 293 g/mol. The zero-order chi connectivity index (χ0) is 15.3. The number of hydrogen-bond donors (Lipinski definition) is 2. The summed E-state index contributed by atoms with van der Waals surface area (Å²) in [5.41, 5.74) is 1.12. The molecule has 0 saturated heterocycles. The smallest absolute Gasteiger partial charge is 0.339 e. The molecule has 1 unspecified atom stereocenters. The molecule has 2 N–H and O–H groups in total. The van der Waals surface area contributed by atoms with Crippen LogP contribution >= 0.6 is 0 Å². The van der Waals surface area contributed by atoms with Gasteiger partial charge >= 0.3 is 5.97 Å². The van der Waals surface area contributed by atoms with Crippen molar-refractivity contribution in [2.24, 2.45) is 0 Å². The van der Waals surface area contributed by atoms with Crippen LogP contribution in [-0.2, 0) is 4.74 Å². The summed E-state index contributed by atoms with van der Waals surface area (Å²) in [6.07, 6.45) is -0.892. The van der Waals surface area contributed by atoms with Crippen molar-refractivity contribution in [1.82, 2.24) is 4.98 Å². The van der Waals surface area contributed by atoms with Gasteiger partial charge in [-0.1, -0.05) is 30.3 Å². The average Bonchev–Trinajstić information content (AvgIpc) is 2.85. The number of fused-ring (bicyclic) bond motifs is 2. The van der Waals surface area contributed by atoms with Crippen molar-refractivity contribution in [1.29, 1.82) is 0 Å². The molecule has 0 bridgehead atoms. The number of pyridine rings is 1. The third-order valence-electron chi connectivity index (χ3n) is 3.88. The molecule has 0 spiro atoms. The van der Waals surface area contributed by atoms with E-state index in [1.165, 1.54) is 0 Å². The van der Waals surface area contributed by atoms with E-state index < -0.39 is 17.6 Å². The van der Waals surface area contributed by atoms with E-state index in [4.69, 9.17) is 4.74 Å². The molecule has 0 fully saturated rings. The fraction of sp³-hybridized carbons (Fsp3) is 0.0588. The fourth-order valence-corrected chi connectivity index (χ4v) is 2.84. The SMILES string of the molecule is O=C1OC(c2c(O)c3ccccc3[nH]c2=O)c2ccccc21. The second-order valence-corrected chi connectivity index (χ2v) is 5.13. The van der Waals surface area contributed by atoms with Crippen molar-refractivity contribution in [2.45, 2.75) is 6.10 Å². The number of carbonyl (C=O) groups is 1. The number of hydrogen-bond acceptors (Lipinski definition) is 4. The minimum atomic E-state index is -0.892. The number of nitrogens with one attached hydrogen (secondary N) is 1. The van der Waals surface area contributed by atoms with Gasteiger partial charge in [-0.25, -0.2) is 4.79 Å². The van der Waals surface area contributed by atoms with Crippen LogP contribution < -0.4 is 5.56 Å². The molecule has 1 aromatic heterocycles. The molecule has 5 heteroatoms. The maximum atomic E-state index is 12.4. The van der Waals surface area contributed by atoms with Gasteiger partial charge in [-0.05, 0) is 18.2 Å². The van der Waals surface area contributed by atoms with Gasteiger partial charge in [0.2, 0.25) is 0 Å². The number of aromatic hydroxyl groups is 1. The van der Waals surface area contributed by atoms with E-state index in [9.17, 15) is 14.7 Å². The van der Waals surface area contributed by atoms with E-state index in [2.05, 4.69) is 4.98 Å². The van der Waals surface area contributed by atoms with E-state index in [0.717, 1.165) is 0 Å². The van der Waals surface area contributed by atoms with Crippen molar-refractivity contribution < 1.29 is 14.6 Å². The number of para-hydroxylation sites is 1. The van der Waals surface area contributed by atoms with Gasteiger partial charge in [0.25, 0.3) is 5.56 Å². The molecule has 108 valence electrons. The summed E-state index contributed by atoms with van der Waals surface area (Å²) in [5, 5.41) is 11.0. The highest BCUT2D eigenvalue weighted by atomic mass is 16.5. The molecule has 3 aromatic rings. The maximum absolute atomic E-state index is 12.4. The molecule has 1 atom stereocenters. The minimum absolute atomic E-state index is 0.0528. The van der Waals surface area contributed by atoms with E-state index in [1.807, 2.05) is 0 Å². The summed E-state index contributed by atoms with van der Waals surface area (Å²) >= 11 is 0. The molecule has 0 radical (unpaired) electrons. The highest BCUT2D eigenvalue weighted by Gasteiger charge is 2.35. The standard InChI is InChI=1S/C17H11NO4/c19-14-11-7-3-4-8-12(11)18-16(20)13(14)15-9-5-1-2-6-10(9)17(21)22-15/h1-8,15H,(H2,18,19,20). The Balaban J connectivity index is 2.00. The number of H-pyrrole nitrogens is 1. The number of esters is 1. The minimum Gasteiger partial charge on any atom is -0.507 e. The van der Waals surface area contributed by atoms with Crippen molar-refractivity contribution >= 4 is 16.9 Å². The summed E-state index contributed by atoms with van der Waals surface area (Å²) in [5.74, 6) is -0.651. The first-order valence-electron chi connectivity index (χ1n) is 6.80. The van der Waals surface area contributed by atoms with Gasteiger partial charge in [0, 0.05) is 10.9 Å². The van der Waals surface area contributed by atoms with Crippen LogP contribution in [0.2, 0.25) is 0 Å². The Morgan fingerprint density at radius 2 is 1.73 bits per heavy atom. The largest absolute Gasteiger partial charge is 0.507 e. The van der Waals surface area contributed by atoms with E-state index in [-0.39, 0.29) is 11.3 Å². The molecule has 0 saturated carbocycles. The second kappa shape index (κ2) is 4.46. The van der Waals surface area contributed by atoms with Crippen LogP contribution in [0.5, 0.6) is 5.75 Å². The van der Waals surface area contributed by atoms with Crippen molar-refractivity contribution in [3.05, 3.63) is 75.6 Å². The molecular weight excluding hydrogens is 282 g/mol. The molecular formula is C17H11NO4. The van der Waals surface area contributed by atoms with Crippen molar-refractivity contribution in [3.8, 4) is 5.75 Å². The number of rotatable bonds is 1. The molecule has 0 aliphatic carbocycles. The van der Waals surface area contributed by atoms with Gasteiger partial charge in [-0.15, -0.1) is 0 Å². The molecule has 22 heavy (non-hydrogen) atoms. The first-order valence-corrected chi connectivity index (χ1v) is 6.80. The third-order valence-corrected chi connectivity index (χ3v) is 3.88. The van der Waals surface area contributed by atoms with Gasteiger partial charge in [0.1, 0.15) is 11.3 Å². The zero-order valence-electron chi connectivity index (χ0n) is 11.4. The van der Waals surface area contributed by atoms with Gasteiger partial charge in [-0.2, -0.15) is 0 Å². The molecule has 2 aromatic carbocycles. The Bertz CT molecular complexity index is 974. The average molecular weight is 293 g/mol. The number of benzene rings is 2. The molecule has 1 aliphatic rings. The van der Waals surface area contributed by atoms with Crippen LogP contribution in [0.3, 0.4) is 0 Å². The second-order valence-electron chi connectivity index (χ2n) is 5.13. The van der Waals surface area contributed by atoms with E-state index in [1.54, 1.807) is 48.5 Å². The lowest BCUT2D eigenvalue weighted by molar-refractivity contribution is 0.0451. The predicted molar refractivity (Wildman–Crippen MR) is 79.9 cm³/mol. The van der Waals surface area contributed by atoms with Crippen LogP contribution in [0.4, 0.5) is 0 Å². The van der Waals surface area contributed by atoms with Gasteiger partial charge in [-0.3, -0.25) is 4.79 Å². The normalized spacial score (nSPS) is 16.5. The lowest BCUT2D eigenvalue weighted by Gasteiger charge is -2.13. The topological polar surface area (TPSA) is 79.4 Å². The Labute approximate surface area is 124 Å². The number of carbonyl (C=O) groups excluding carboxylic acids is 1. The summed E-state index contributed by atoms with van der Waals surface area (Å²) in [6.45, 7) is 0. The zero-order valence-corrected chi connectivity index (χ0v) is 11.4. The summed E-state index contributed by atoms with van der Waals surface area (Å²) < 4.78 is 5.31. The molecule has 5 nitrogen and oxygen atoms in total.